The van der Waals surface area contributed by atoms with Crippen LogP contribution in [0.5, 0.6) is 0 Å². The summed E-state index contributed by atoms with van der Waals surface area (Å²) in [6.45, 7) is 2.17. The minimum atomic E-state index is 0.234. The summed E-state index contributed by atoms with van der Waals surface area (Å²) in [4.78, 5) is 1.42. The molecule has 1 aromatic carbocycles. The van der Waals surface area contributed by atoms with E-state index in [9.17, 15) is 0 Å². The standard InChI is InChI=1S/C15H20N2S/c1-2-12-5-7-13(8-6-12)15(17-16)10-9-14-4-3-11-18-14/h3-8,11,15,17H,2,9-10,16H2,1H3. The number of aryl methyl sites for hydroxylation is 2. The molecule has 0 saturated carbocycles. The first-order valence-corrected chi connectivity index (χ1v) is 7.28. The molecule has 0 fully saturated rings. The lowest BCUT2D eigenvalue weighted by atomic mass is 10.0. The van der Waals surface area contributed by atoms with Crippen LogP contribution in [0.1, 0.15) is 35.4 Å². The second-order valence-electron chi connectivity index (χ2n) is 4.43. The second kappa shape index (κ2) is 6.69. The molecule has 3 N–H and O–H groups in total. The molecule has 2 aromatic rings. The molecule has 0 saturated heterocycles. The minimum Gasteiger partial charge on any atom is -0.271 e. The molecule has 0 amide bonds. The SMILES string of the molecule is CCc1ccc(C(CCc2cccs2)NN)cc1. The van der Waals surface area contributed by atoms with Crippen molar-refractivity contribution in [2.24, 2.45) is 5.84 Å². The van der Waals surface area contributed by atoms with Gasteiger partial charge in [0, 0.05) is 10.9 Å². The van der Waals surface area contributed by atoms with E-state index in [1.54, 1.807) is 0 Å². The van der Waals surface area contributed by atoms with Crippen LogP contribution >= 0.6 is 11.3 Å². The smallest absolute Gasteiger partial charge is 0.0463 e. The fraction of sp³-hybridized carbons (Fsp3) is 0.333. The Labute approximate surface area is 113 Å². The van der Waals surface area contributed by atoms with Gasteiger partial charge in [-0.3, -0.25) is 11.3 Å². The lowest BCUT2D eigenvalue weighted by molar-refractivity contribution is 0.518. The van der Waals surface area contributed by atoms with Crippen LogP contribution in [0, 0.1) is 0 Å². The number of rotatable bonds is 6. The summed E-state index contributed by atoms with van der Waals surface area (Å²) in [6, 6.07) is 13.2. The van der Waals surface area contributed by atoms with Crippen molar-refractivity contribution in [1.82, 2.24) is 5.43 Å². The van der Waals surface area contributed by atoms with Crippen LogP contribution in [-0.4, -0.2) is 0 Å². The fourth-order valence-electron chi connectivity index (χ4n) is 2.07. The zero-order chi connectivity index (χ0) is 12.8. The van der Waals surface area contributed by atoms with Crippen LogP contribution in [0.4, 0.5) is 0 Å². The highest BCUT2D eigenvalue weighted by Crippen LogP contribution is 2.21. The number of nitrogens with one attached hydrogen (secondary N) is 1. The van der Waals surface area contributed by atoms with E-state index in [0.29, 0.717) is 0 Å². The van der Waals surface area contributed by atoms with Crippen LogP contribution in [0.3, 0.4) is 0 Å². The van der Waals surface area contributed by atoms with Crippen LogP contribution in [-0.2, 0) is 12.8 Å². The van der Waals surface area contributed by atoms with Crippen molar-refractivity contribution in [1.29, 1.82) is 0 Å². The summed E-state index contributed by atoms with van der Waals surface area (Å²) < 4.78 is 0. The van der Waals surface area contributed by atoms with Gasteiger partial charge in [0.15, 0.2) is 0 Å². The molecular weight excluding hydrogens is 240 g/mol. The first kappa shape index (κ1) is 13.3. The average molecular weight is 260 g/mol. The molecule has 0 aliphatic rings. The van der Waals surface area contributed by atoms with Gasteiger partial charge in [0.1, 0.15) is 0 Å². The highest BCUT2D eigenvalue weighted by molar-refractivity contribution is 7.09. The molecular formula is C15H20N2S. The fourth-order valence-corrected chi connectivity index (χ4v) is 2.80. The molecule has 3 heteroatoms. The summed E-state index contributed by atoms with van der Waals surface area (Å²) in [5.74, 6) is 5.67. The normalized spacial score (nSPS) is 12.6. The molecule has 96 valence electrons. The molecule has 2 rings (SSSR count). The van der Waals surface area contributed by atoms with E-state index < -0.39 is 0 Å². The van der Waals surface area contributed by atoms with Crippen molar-refractivity contribution in [2.45, 2.75) is 32.2 Å². The summed E-state index contributed by atoms with van der Waals surface area (Å²) in [7, 11) is 0. The third kappa shape index (κ3) is 3.42. The van der Waals surface area contributed by atoms with Crippen LogP contribution in [0.25, 0.3) is 0 Å². The third-order valence-electron chi connectivity index (χ3n) is 3.25. The summed E-state index contributed by atoms with van der Waals surface area (Å²) >= 11 is 1.81. The van der Waals surface area contributed by atoms with Crippen LogP contribution in [0.2, 0.25) is 0 Å². The van der Waals surface area contributed by atoms with Crippen LogP contribution in [0.15, 0.2) is 41.8 Å². The van der Waals surface area contributed by atoms with Gasteiger partial charge in [-0.1, -0.05) is 37.3 Å². The highest BCUT2D eigenvalue weighted by atomic mass is 32.1. The topological polar surface area (TPSA) is 38.0 Å². The van der Waals surface area contributed by atoms with Crippen LogP contribution < -0.4 is 11.3 Å². The van der Waals surface area contributed by atoms with Gasteiger partial charge in [-0.05, 0) is 41.8 Å². The maximum absolute atomic E-state index is 5.67. The summed E-state index contributed by atoms with van der Waals surface area (Å²) in [5, 5.41) is 2.12. The van der Waals surface area contributed by atoms with Gasteiger partial charge >= 0.3 is 0 Å². The Bertz CT molecular complexity index is 448. The van der Waals surface area contributed by atoms with Gasteiger partial charge in [-0.25, -0.2) is 0 Å². The molecule has 0 spiro atoms. The second-order valence-corrected chi connectivity index (χ2v) is 5.46. The number of hydrazine groups is 1. The van der Waals surface area contributed by atoms with Crippen molar-refractivity contribution >= 4 is 11.3 Å². The number of hydrogen-bond donors (Lipinski definition) is 2. The quantitative estimate of drug-likeness (QED) is 0.616. The molecule has 1 unspecified atom stereocenters. The zero-order valence-electron chi connectivity index (χ0n) is 10.7. The van der Waals surface area contributed by atoms with Crippen molar-refractivity contribution < 1.29 is 0 Å². The molecule has 1 atom stereocenters. The number of thiophene rings is 1. The highest BCUT2D eigenvalue weighted by Gasteiger charge is 2.09. The van der Waals surface area contributed by atoms with E-state index in [1.807, 2.05) is 11.3 Å². The monoisotopic (exact) mass is 260 g/mol. The van der Waals surface area contributed by atoms with E-state index in [0.717, 1.165) is 19.3 Å². The first-order chi connectivity index (χ1) is 8.83. The van der Waals surface area contributed by atoms with Crippen molar-refractivity contribution in [2.75, 3.05) is 0 Å². The van der Waals surface area contributed by atoms with E-state index >= 15 is 0 Å². The lowest BCUT2D eigenvalue weighted by Crippen LogP contribution is -2.28. The Kier molecular flexibility index (Phi) is 4.93. The third-order valence-corrected chi connectivity index (χ3v) is 4.19. The van der Waals surface area contributed by atoms with Crippen molar-refractivity contribution in [3.8, 4) is 0 Å². The molecule has 18 heavy (non-hydrogen) atoms. The van der Waals surface area contributed by atoms with Gasteiger partial charge in [0.2, 0.25) is 0 Å². The Balaban J connectivity index is 1.98. The maximum Gasteiger partial charge on any atom is 0.0463 e. The zero-order valence-corrected chi connectivity index (χ0v) is 11.5. The van der Waals surface area contributed by atoms with E-state index in [4.69, 9.17) is 5.84 Å². The lowest BCUT2D eigenvalue weighted by Gasteiger charge is -2.16. The van der Waals surface area contributed by atoms with Gasteiger partial charge in [-0.15, -0.1) is 11.3 Å². The molecule has 0 bridgehead atoms. The maximum atomic E-state index is 5.67. The van der Waals surface area contributed by atoms with Gasteiger partial charge in [-0.2, -0.15) is 0 Å². The predicted octanol–water partition coefficient (Wildman–Crippen LogP) is 3.45. The average Bonchev–Trinajstić information content (AvgIpc) is 2.93. The predicted molar refractivity (Wildman–Crippen MR) is 78.5 cm³/mol. The van der Waals surface area contributed by atoms with E-state index in [1.165, 1.54) is 16.0 Å². The van der Waals surface area contributed by atoms with Gasteiger partial charge in [0.25, 0.3) is 0 Å². The molecule has 0 aliphatic heterocycles. The first-order valence-electron chi connectivity index (χ1n) is 6.41. The minimum absolute atomic E-state index is 0.234. The molecule has 0 aliphatic carbocycles. The molecule has 2 nitrogen and oxygen atoms in total. The van der Waals surface area contributed by atoms with Gasteiger partial charge < -0.3 is 0 Å². The number of benzene rings is 1. The molecule has 0 radical (unpaired) electrons. The number of nitrogens with two attached hydrogens (primary N) is 1. The Morgan fingerprint density at radius 1 is 1.22 bits per heavy atom. The van der Waals surface area contributed by atoms with Crippen molar-refractivity contribution in [3.63, 3.8) is 0 Å². The van der Waals surface area contributed by atoms with Gasteiger partial charge in [0.05, 0.1) is 0 Å². The Morgan fingerprint density at radius 3 is 2.56 bits per heavy atom. The van der Waals surface area contributed by atoms with E-state index in [2.05, 4.69) is 54.1 Å². The molecule has 1 aromatic heterocycles. The largest absolute Gasteiger partial charge is 0.271 e. The Hall–Kier alpha value is -1.16. The van der Waals surface area contributed by atoms with Crippen molar-refractivity contribution in [3.05, 3.63) is 57.8 Å². The number of hydrogen-bond acceptors (Lipinski definition) is 3. The Morgan fingerprint density at radius 2 is 2.00 bits per heavy atom. The summed E-state index contributed by atoms with van der Waals surface area (Å²) in [5.41, 5.74) is 5.56. The molecule has 1 heterocycles. The van der Waals surface area contributed by atoms with E-state index in [-0.39, 0.29) is 6.04 Å². The summed E-state index contributed by atoms with van der Waals surface area (Å²) in [6.07, 6.45) is 3.18.